The number of alkyl halides is 3. The second-order valence-corrected chi connectivity index (χ2v) is 3.22. The van der Waals surface area contributed by atoms with E-state index in [-0.39, 0.29) is 0 Å². The van der Waals surface area contributed by atoms with Gasteiger partial charge in [-0.1, -0.05) is 6.07 Å². The summed E-state index contributed by atoms with van der Waals surface area (Å²) in [5.41, 5.74) is 7.86. The van der Waals surface area contributed by atoms with E-state index in [0.717, 1.165) is 5.52 Å². The van der Waals surface area contributed by atoms with Gasteiger partial charge in [0.1, 0.15) is 0 Å². The smallest absolute Gasteiger partial charge is 0.369 e. The fourth-order valence-corrected chi connectivity index (χ4v) is 1.18. The highest BCUT2D eigenvalue weighted by Crippen LogP contribution is 2.11. The molecule has 0 saturated carbocycles. The van der Waals surface area contributed by atoms with E-state index in [2.05, 4.69) is 4.98 Å². The number of fused-ring (bicyclic) bond motifs is 1. The fraction of sp³-hybridized carbons (Fsp3) is 0.200. The average molecular weight is 245 g/mol. The van der Waals surface area contributed by atoms with Crippen molar-refractivity contribution in [3.8, 4) is 0 Å². The summed E-state index contributed by atoms with van der Waals surface area (Å²) in [6, 6.07) is 4.00. The van der Waals surface area contributed by atoms with E-state index < -0.39 is 12.5 Å². The van der Waals surface area contributed by atoms with Gasteiger partial charge >= 0.3 is 6.18 Å². The molecule has 0 fully saturated rings. The summed E-state index contributed by atoms with van der Waals surface area (Å²) < 4.78 is 33.1. The molecular weight excluding hydrogens is 235 g/mol. The highest BCUT2D eigenvalue weighted by Gasteiger charge is 2.24. The van der Waals surface area contributed by atoms with E-state index in [4.69, 9.17) is 10.5 Å². The molecular formula is C10H10F3N3O. The van der Waals surface area contributed by atoms with Crippen molar-refractivity contribution in [2.75, 3.05) is 5.73 Å². The summed E-state index contributed by atoms with van der Waals surface area (Å²) in [7, 11) is 0. The lowest BCUT2D eigenvalue weighted by Crippen LogP contribution is -2.07. The molecule has 92 valence electrons. The fourth-order valence-electron chi connectivity index (χ4n) is 1.18. The highest BCUT2D eigenvalue weighted by molar-refractivity contribution is 5.57. The molecule has 0 spiro atoms. The second kappa shape index (κ2) is 4.86. The Balaban J connectivity index is 0.000000209. The third kappa shape index (κ3) is 3.47. The van der Waals surface area contributed by atoms with E-state index in [1.807, 2.05) is 29.7 Å². The third-order valence-corrected chi connectivity index (χ3v) is 1.94. The Labute approximate surface area is 94.9 Å². The van der Waals surface area contributed by atoms with Crippen LogP contribution in [-0.4, -0.2) is 21.8 Å². The van der Waals surface area contributed by atoms with Crippen LogP contribution >= 0.6 is 0 Å². The average Bonchev–Trinajstić information content (AvgIpc) is 2.62. The number of aldehydes is 1. The van der Waals surface area contributed by atoms with Crippen molar-refractivity contribution in [3.05, 3.63) is 30.1 Å². The van der Waals surface area contributed by atoms with Gasteiger partial charge in [-0.25, -0.2) is 4.98 Å². The standard InChI is InChI=1S/C8H9N3.C2HF3O/c1-6-3-2-4-11-7(6)5-10-8(11)9;3-2(4,5)1-6/h2-5H,1H3,(H2,9,10);1H. The van der Waals surface area contributed by atoms with Crippen molar-refractivity contribution < 1.29 is 18.0 Å². The molecule has 2 aromatic heterocycles. The van der Waals surface area contributed by atoms with Crippen LogP contribution in [0.4, 0.5) is 19.1 Å². The summed E-state index contributed by atoms with van der Waals surface area (Å²) >= 11 is 0. The van der Waals surface area contributed by atoms with E-state index in [1.165, 1.54) is 5.56 Å². The molecule has 0 saturated heterocycles. The molecule has 4 nitrogen and oxygen atoms in total. The largest absolute Gasteiger partial charge is 0.446 e. The Bertz CT molecular complexity index is 519. The van der Waals surface area contributed by atoms with Crippen LogP contribution in [-0.2, 0) is 4.79 Å². The number of hydrogen-bond donors (Lipinski definition) is 1. The molecule has 7 heteroatoms. The number of rotatable bonds is 0. The Kier molecular flexibility index (Phi) is 3.72. The van der Waals surface area contributed by atoms with Crippen LogP contribution in [0.15, 0.2) is 24.5 Å². The number of nitrogens with two attached hydrogens (primary N) is 1. The number of nitrogen functional groups attached to an aromatic ring is 1. The van der Waals surface area contributed by atoms with Gasteiger partial charge in [0.2, 0.25) is 12.2 Å². The van der Waals surface area contributed by atoms with Crippen LogP contribution in [0, 0.1) is 6.92 Å². The van der Waals surface area contributed by atoms with Crippen molar-refractivity contribution in [2.45, 2.75) is 13.1 Å². The molecule has 2 aromatic rings. The first-order valence-corrected chi connectivity index (χ1v) is 4.56. The maximum Gasteiger partial charge on any atom is 0.446 e. The Hall–Kier alpha value is -2.05. The number of anilines is 1. The summed E-state index contributed by atoms with van der Waals surface area (Å²) in [6.07, 6.45) is -2.01. The Morgan fingerprint density at radius 2 is 2.06 bits per heavy atom. The van der Waals surface area contributed by atoms with Crippen LogP contribution < -0.4 is 5.73 Å². The number of hydrogen-bond acceptors (Lipinski definition) is 3. The van der Waals surface area contributed by atoms with Crippen molar-refractivity contribution in [2.24, 2.45) is 0 Å². The number of aromatic nitrogens is 2. The third-order valence-electron chi connectivity index (χ3n) is 1.94. The van der Waals surface area contributed by atoms with Gasteiger partial charge in [-0.3, -0.25) is 9.20 Å². The summed E-state index contributed by atoms with van der Waals surface area (Å²) in [5, 5.41) is 0. The van der Waals surface area contributed by atoms with E-state index in [9.17, 15) is 13.2 Å². The molecule has 0 unspecified atom stereocenters. The van der Waals surface area contributed by atoms with Crippen molar-refractivity contribution in [3.63, 3.8) is 0 Å². The number of halogens is 3. The predicted molar refractivity (Wildman–Crippen MR) is 56.5 cm³/mol. The minimum atomic E-state index is -4.64. The first-order valence-electron chi connectivity index (χ1n) is 4.56. The second-order valence-electron chi connectivity index (χ2n) is 3.22. The van der Waals surface area contributed by atoms with Crippen LogP contribution in [0.25, 0.3) is 5.52 Å². The Morgan fingerprint density at radius 1 is 1.47 bits per heavy atom. The summed E-state index contributed by atoms with van der Waals surface area (Å²) in [4.78, 5) is 12.7. The molecule has 0 bridgehead atoms. The number of nitrogens with zero attached hydrogens (tertiary/aromatic N) is 2. The predicted octanol–water partition coefficient (Wildman–Crippen LogP) is 1.97. The molecule has 2 heterocycles. The number of pyridine rings is 1. The molecule has 0 aliphatic carbocycles. The number of imidazole rings is 1. The van der Waals surface area contributed by atoms with Crippen LogP contribution in [0.1, 0.15) is 5.56 Å². The molecule has 0 atom stereocenters. The van der Waals surface area contributed by atoms with Gasteiger partial charge in [-0.2, -0.15) is 13.2 Å². The minimum Gasteiger partial charge on any atom is -0.369 e. The van der Waals surface area contributed by atoms with Crippen LogP contribution in [0.5, 0.6) is 0 Å². The molecule has 0 aliphatic heterocycles. The molecule has 0 amide bonds. The zero-order valence-corrected chi connectivity index (χ0v) is 8.90. The normalized spacial score (nSPS) is 10.8. The maximum absolute atomic E-state index is 10.4. The zero-order chi connectivity index (χ0) is 13.1. The first-order chi connectivity index (χ1) is 7.85. The lowest BCUT2D eigenvalue weighted by molar-refractivity contribution is -0.156. The molecule has 2 N–H and O–H groups in total. The van der Waals surface area contributed by atoms with Gasteiger partial charge in [-0.15, -0.1) is 0 Å². The van der Waals surface area contributed by atoms with E-state index >= 15 is 0 Å². The van der Waals surface area contributed by atoms with Gasteiger partial charge in [-0.05, 0) is 18.6 Å². The SMILES string of the molecule is Cc1cccn2c(N)ncc12.O=CC(F)(F)F. The van der Waals surface area contributed by atoms with Crippen LogP contribution in [0.3, 0.4) is 0 Å². The van der Waals surface area contributed by atoms with E-state index in [1.54, 1.807) is 6.20 Å². The molecule has 2 rings (SSSR count). The number of carbonyl (C=O) groups excluding carboxylic acids is 1. The van der Waals surface area contributed by atoms with Gasteiger partial charge < -0.3 is 5.73 Å². The first kappa shape index (κ1) is 13.0. The number of carbonyl (C=O) groups is 1. The maximum atomic E-state index is 10.4. The quantitative estimate of drug-likeness (QED) is 0.722. The van der Waals surface area contributed by atoms with Gasteiger partial charge in [0, 0.05) is 6.20 Å². The Morgan fingerprint density at radius 3 is 2.53 bits per heavy atom. The molecule has 0 aromatic carbocycles. The van der Waals surface area contributed by atoms with Crippen LogP contribution in [0.2, 0.25) is 0 Å². The zero-order valence-electron chi connectivity index (χ0n) is 8.90. The minimum absolute atomic E-state index is 0.545. The summed E-state index contributed by atoms with van der Waals surface area (Å²) in [6.45, 7) is 2.04. The van der Waals surface area contributed by atoms with Crippen molar-refractivity contribution in [1.29, 1.82) is 0 Å². The van der Waals surface area contributed by atoms with Crippen molar-refractivity contribution in [1.82, 2.24) is 9.38 Å². The van der Waals surface area contributed by atoms with Gasteiger partial charge in [0.05, 0.1) is 11.7 Å². The van der Waals surface area contributed by atoms with Gasteiger partial charge in [0.15, 0.2) is 0 Å². The highest BCUT2D eigenvalue weighted by atomic mass is 19.4. The molecule has 0 radical (unpaired) electrons. The topological polar surface area (TPSA) is 60.4 Å². The van der Waals surface area contributed by atoms with Gasteiger partial charge in [0.25, 0.3) is 0 Å². The van der Waals surface area contributed by atoms with E-state index in [0.29, 0.717) is 5.95 Å². The lowest BCUT2D eigenvalue weighted by atomic mass is 10.3. The van der Waals surface area contributed by atoms with Crippen molar-refractivity contribution >= 4 is 17.8 Å². The molecule has 0 aliphatic rings. The summed E-state index contributed by atoms with van der Waals surface area (Å²) in [5.74, 6) is 0.545. The number of aryl methyl sites for hydroxylation is 1. The monoisotopic (exact) mass is 245 g/mol. The molecule has 17 heavy (non-hydrogen) atoms. The lowest BCUT2D eigenvalue weighted by Gasteiger charge is -1.96.